The topological polar surface area (TPSA) is 37.4 Å². The molecule has 0 spiro atoms. The van der Waals surface area contributed by atoms with Gasteiger partial charge in [-0.2, -0.15) is 0 Å². The van der Waals surface area contributed by atoms with E-state index in [-0.39, 0.29) is 0 Å². The number of hydrogen-bond acceptors (Lipinski definition) is 3. The maximum absolute atomic E-state index is 13.3. The predicted molar refractivity (Wildman–Crippen MR) is 95.3 cm³/mol. The van der Waals surface area contributed by atoms with Crippen LogP contribution in [0.2, 0.25) is 0 Å². The first kappa shape index (κ1) is 17.6. The van der Waals surface area contributed by atoms with Crippen LogP contribution in [-0.4, -0.2) is 27.8 Å². The number of nitrogens with zero attached hydrogens (tertiary/aromatic N) is 1. The fraction of sp³-hybridized carbons (Fsp3) is 0.263. The second kappa shape index (κ2) is 6.96. The van der Waals surface area contributed by atoms with Gasteiger partial charge in [-0.15, -0.1) is 0 Å². The third-order valence-corrected chi connectivity index (χ3v) is 5.48. The number of sulfone groups is 1. The van der Waals surface area contributed by atoms with E-state index in [2.05, 4.69) is 4.90 Å². The Bertz CT molecular complexity index is 896. The number of anilines is 1. The van der Waals surface area contributed by atoms with Crippen molar-refractivity contribution in [2.24, 2.45) is 0 Å². The van der Waals surface area contributed by atoms with E-state index >= 15 is 0 Å². The van der Waals surface area contributed by atoms with Gasteiger partial charge >= 0.3 is 0 Å². The first-order valence-corrected chi connectivity index (χ1v) is 9.92. The van der Waals surface area contributed by atoms with Crippen molar-refractivity contribution in [3.63, 3.8) is 0 Å². The van der Waals surface area contributed by atoms with Gasteiger partial charge in [0.2, 0.25) is 0 Å². The van der Waals surface area contributed by atoms with Gasteiger partial charge in [0, 0.05) is 25.0 Å². The Labute approximate surface area is 146 Å². The third kappa shape index (κ3) is 4.25. The standard InChI is InChI=1S/C19H19F2NO2S/c1-25(23,24)17-5-3-16(4-6-17)22-10-8-14(9-11-22)12-15-2-7-18(20)19(21)13-15/h2-7,12-13H,8-11H2,1H3. The van der Waals surface area contributed by atoms with Crippen LogP contribution in [0.25, 0.3) is 6.08 Å². The molecule has 1 saturated heterocycles. The molecular formula is C19H19F2NO2S. The highest BCUT2D eigenvalue weighted by molar-refractivity contribution is 7.90. The molecule has 0 radical (unpaired) electrons. The number of halogens is 2. The Hall–Kier alpha value is -2.21. The average molecular weight is 363 g/mol. The Balaban J connectivity index is 1.67. The van der Waals surface area contributed by atoms with Crippen LogP contribution in [0, 0.1) is 11.6 Å². The third-order valence-electron chi connectivity index (χ3n) is 4.35. The molecule has 1 fully saturated rings. The van der Waals surface area contributed by atoms with Gasteiger partial charge in [-0.3, -0.25) is 0 Å². The Morgan fingerprint density at radius 3 is 2.16 bits per heavy atom. The summed E-state index contributed by atoms with van der Waals surface area (Å²) in [5.41, 5.74) is 2.84. The molecular weight excluding hydrogens is 344 g/mol. The van der Waals surface area contributed by atoms with Crippen LogP contribution in [-0.2, 0) is 9.84 Å². The summed E-state index contributed by atoms with van der Waals surface area (Å²) in [6.07, 6.45) is 4.75. The summed E-state index contributed by atoms with van der Waals surface area (Å²) in [5.74, 6) is -1.67. The lowest BCUT2D eigenvalue weighted by Crippen LogP contribution is -2.30. The fourth-order valence-electron chi connectivity index (χ4n) is 2.94. The molecule has 0 bridgehead atoms. The van der Waals surface area contributed by atoms with Gasteiger partial charge in [0.1, 0.15) is 0 Å². The predicted octanol–water partition coefficient (Wildman–Crippen LogP) is 4.05. The van der Waals surface area contributed by atoms with Crippen molar-refractivity contribution in [3.8, 4) is 0 Å². The van der Waals surface area contributed by atoms with Crippen molar-refractivity contribution in [2.45, 2.75) is 17.7 Å². The van der Waals surface area contributed by atoms with E-state index in [0.717, 1.165) is 37.7 Å². The molecule has 0 amide bonds. The van der Waals surface area contributed by atoms with Gasteiger partial charge in [0.25, 0.3) is 0 Å². The summed E-state index contributed by atoms with van der Waals surface area (Å²) < 4.78 is 49.3. The number of benzene rings is 2. The SMILES string of the molecule is CS(=O)(=O)c1ccc(N2CCC(=Cc3ccc(F)c(F)c3)CC2)cc1. The quantitative estimate of drug-likeness (QED) is 0.826. The molecule has 0 saturated carbocycles. The zero-order valence-corrected chi connectivity index (χ0v) is 14.7. The molecule has 0 atom stereocenters. The van der Waals surface area contributed by atoms with Crippen LogP contribution in [0.3, 0.4) is 0 Å². The largest absolute Gasteiger partial charge is 0.371 e. The lowest BCUT2D eigenvalue weighted by Gasteiger charge is -2.30. The normalized spacial score (nSPS) is 15.3. The van der Waals surface area contributed by atoms with E-state index in [4.69, 9.17) is 0 Å². The summed E-state index contributed by atoms with van der Waals surface area (Å²) in [7, 11) is -3.19. The van der Waals surface area contributed by atoms with Crippen LogP contribution in [0.15, 0.2) is 52.9 Å². The van der Waals surface area contributed by atoms with Crippen LogP contribution in [0.5, 0.6) is 0 Å². The Morgan fingerprint density at radius 1 is 0.960 bits per heavy atom. The zero-order chi connectivity index (χ0) is 18.0. The second-order valence-corrected chi connectivity index (χ2v) is 8.24. The molecule has 2 aromatic carbocycles. The van der Waals surface area contributed by atoms with Crippen molar-refractivity contribution < 1.29 is 17.2 Å². The Morgan fingerprint density at radius 2 is 1.60 bits per heavy atom. The Kier molecular flexibility index (Phi) is 4.90. The fourth-order valence-corrected chi connectivity index (χ4v) is 3.57. The van der Waals surface area contributed by atoms with E-state index in [1.165, 1.54) is 17.9 Å². The minimum Gasteiger partial charge on any atom is -0.371 e. The van der Waals surface area contributed by atoms with Gasteiger partial charge in [-0.25, -0.2) is 17.2 Å². The molecule has 6 heteroatoms. The summed E-state index contributed by atoms with van der Waals surface area (Å²) in [6.45, 7) is 1.60. The second-order valence-electron chi connectivity index (χ2n) is 6.23. The molecule has 2 aromatic rings. The van der Waals surface area contributed by atoms with Crippen molar-refractivity contribution in [1.82, 2.24) is 0 Å². The van der Waals surface area contributed by atoms with Crippen molar-refractivity contribution in [1.29, 1.82) is 0 Å². The van der Waals surface area contributed by atoms with E-state index in [1.807, 2.05) is 18.2 Å². The zero-order valence-electron chi connectivity index (χ0n) is 13.9. The van der Waals surface area contributed by atoms with Crippen LogP contribution in [0.4, 0.5) is 14.5 Å². The molecule has 25 heavy (non-hydrogen) atoms. The van der Waals surface area contributed by atoms with Gasteiger partial charge in [0.15, 0.2) is 21.5 Å². The minimum atomic E-state index is -3.19. The highest BCUT2D eigenvalue weighted by Crippen LogP contribution is 2.25. The highest BCUT2D eigenvalue weighted by atomic mass is 32.2. The van der Waals surface area contributed by atoms with Crippen LogP contribution >= 0.6 is 0 Å². The highest BCUT2D eigenvalue weighted by Gasteiger charge is 2.15. The van der Waals surface area contributed by atoms with Crippen LogP contribution in [0.1, 0.15) is 18.4 Å². The molecule has 0 aromatic heterocycles. The molecule has 1 aliphatic rings. The lowest BCUT2D eigenvalue weighted by atomic mass is 10.0. The number of rotatable bonds is 3. The molecule has 3 nitrogen and oxygen atoms in total. The van der Waals surface area contributed by atoms with Crippen LogP contribution < -0.4 is 4.90 Å². The molecule has 0 unspecified atom stereocenters. The van der Waals surface area contributed by atoms with Gasteiger partial charge < -0.3 is 4.90 Å². The number of piperidine rings is 1. The summed E-state index contributed by atoms with van der Waals surface area (Å²) in [4.78, 5) is 2.50. The van der Waals surface area contributed by atoms with E-state index < -0.39 is 21.5 Å². The van der Waals surface area contributed by atoms with Crippen molar-refractivity contribution in [2.75, 3.05) is 24.2 Å². The smallest absolute Gasteiger partial charge is 0.175 e. The molecule has 1 heterocycles. The molecule has 3 rings (SSSR count). The summed E-state index contributed by atoms with van der Waals surface area (Å²) in [5, 5.41) is 0. The maximum Gasteiger partial charge on any atom is 0.175 e. The monoisotopic (exact) mass is 363 g/mol. The molecule has 1 aliphatic heterocycles. The molecule has 0 N–H and O–H groups in total. The van der Waals surface area contributed by atoms with Gasteiger partial charge in [0.05, 0.1) is 4.90 Å². The number of hydrogen-bond donors (Lipinski definition) is 0. The van der Waals surface area contributed by atoms with E-state index in [9.17, 15) is 17.2 Å². The summed E-state index contributed by atoms with van der Waals surface area (Å²) >= 11 is 0. The van der Waals surface area contributed by atoms with Crippen molar-refractivity contribution >= 4 is 21.6 Å². The lowest BCUT2D eigenvalue weighted by molar-refractivity contribution is 0.508. The summed E-state index contributed by atoms with van der Waals surface area (Å²) in [6, 6.07) is 10.8. The van der Waals surface area contributed by atoms with Gasteiger partial charge in [-0.1, -0.05) is 17.7 Å². The minimum absolute atomic E-state index is 0.312. The first-order valence-electron chi connectivity index (χ1n) is 8.02. The van der Waals surface area contributed by atoms with Gasteiger partial charge in [-0.05, 0) is 54.8 Å². The molecule has 132 valence electrons. The first-order chi connectivity index (χ1) is 11.8. The van der Waals surface area contributed by atoms with E-state index in [0.29, 0.717) is 10.5 Å². The maximum atomic E-state index is 13.3. The average Bonchev–Trinajstić information content (AvgIpc) is 2.58. The van der Waals surface area contributed by atoms with E-state index in [1.54, 1.807) is 18.2 Å². The molecule has 0 aliphatic carbocycles. The van der Waals surface area contributed by atoms with Crippen molar-refractivity contribution in [3.05, 3.63) is 65.2 Å².